The Labute approximate surface area is 55.4 Å². The summed E-state index contributed by atoms with van der Waals surface area (Å²) in [5.41, 5.74) is 6.81. The van der Waals surface area contributed by atoms with Crippen LogP contribution >= 0.6 is 0 Å². The van der Waals surface area contributed by atoms with E-state index in [4.69, 9.17) is 11.6 Å². The fraction of sp³-hybridized carbons (Fsp3) is 0. The van der Waals surface area contributed by atoms with E-state index in [0.29, 0.717) is 0 Å². The van der Waals surface area contributed by atoms with Crippen LogP contribution in [0.2, 0.25) is 0 Å². The van der Waals surface area contributed by atoms with Gasteiger partial charge in [0.2, 0.25) is 0 Å². The van der Waals surface area contributed by atoms with Crippen LogP contribution in [0.3, 0.4) is 0 Å². The summed E-state index contributed by atoms with van der Waals surface area (Å²) in [5, 5.41) is 6.48. The average Bonchev–Trinajstić information content (AvgIpc) is 2.34. The summed E-state index contributed by atoms with van der Waals surface area (Å²) in [6.45, 7) is 0. The highest BCUT2D eigenvalue weighted by molar-refractivity contribution is 5.88. The molecule has 0 spiro atoms. The normalized spacial score (nSPS) is 9.30. The number of hydrogen-bond acceptors (Lipinski definition) is 6. The minimum Gasteiger partial charge on any atom is -0.399 e. The summed E-state index contributed by atoms with van der Waals surface area (Å²) in [7, 11) is 0. The molecule has 7 nitrogen and oxygen atoms in total. The third-order valence-corrected chi connectivity index (χ3v) is 0.766. The van der Waals surface area contributed by atoms with E-state index in [1.54, 1.807) is 5.43 Å². The SMILES string of the molecule is NNC(=O)c1nnc(N)o1. The minimum atomic E-state index is -0.663. The van der Waals surface area contributed by atoms with E-state index >= 15 is 0 Å². The largest absolute Gasteiger partial charge is 0.399 e. The minimum absolute atomic E-state index is 0.168. The molecule has 0 aliphatic rings. The lowest BCUT2D eigenvalue weighted by Gasteiger charge is -1.87. The second-order valence-corrected chi connectivity index (χ2v) is 1.42. The molecule has 0 bridgehead atoms. The molecule has 1 heterocycles. The maximum atomic E-state index is 10.5. The Balaban J connectivity index is 2.85. The first-order valence-electron chi connectivity index (χ1n) is 2.34. The Kier molecular flexibility index (Phi) is 1.50. The van der Waals surface area contributed by atoms with Crippen molar-refractivity contribution < 1.29 is 9.21 Å². The fourth-order valence-corrected chi connectivity index (χ4v) is 0.388. The van der Waals surface area contributed by atoms with Crippen molar-refractivity contribution in [1.82, 2.24) is 15.6 Å². The Bertz CT molecular complexity index is 243. The summed E-state index contributed by atoms with van der Waals surface area (Å²) in [4.78, 5) is 10.5. The van der Waals surface area contributed by atoms with Gasteiger partial charge >= 0.3 is 17.8 Å². The molecule has 0 atom stereocenters. The monoisotopic (exact) mass is 143 g/mol. The molecule has 5 N–H and O–H groups in total. The molecule has 0 aliphatic heterocycles. The molecule has 10 heavy (non-hydrogen) atoms. The molecular formula is C3H5N5O2. The predicted octanol–water partition coefficient (Wildman–Crippen LogP) is -1.74. The molecule has 0 fully saturated rings. The molecule has 7 heteroatoms. The average molecular weight is 143 g/mol. The van der Waals surface area contributed by atoms with Gasteiger partial charge in [0.15, 0.2) is 0 Å². The van der Waals surface area contributed by atoms with Crippen molar-refractivity contribution in [3.05, 3.63) is 5.89 Å². The third kappa shape index (κ3) is 1.03. The van der Waals surface area contributed by atoms with Crippen LogP contribution < -0.4 is 17.0 Å². The number of anilines is 1. The molecule has 1 amide bonds. The van der Waals surface area contributed by atoms with Gasteiger partial charge in [-0.2, -0.15) is 0 Å². The molecule has 1 aromatic rings. The Morgan fingerprint density at radius 1 is 1.60 bits per heavy atom. The second-order valence-electron chi connectivity index (χ2n) is 1.42. The van der Waals surface area contributed by atoms with Crippen molar-refractivity contribution >= 4 is 11.9 Å². The van der Waals surface area contributed by atoms with E-state index in [2.05, 4.69) is 14.6 Å². The second kappa shape index (κ2) is 2.31. The zero-order valence-corrected chi connectivity index (χ0v) is 4.87. The van der Waals surface area contributed by atoms with E-state index in [1.807, 2.05) is 0 Å². The number of carbonyl (C=O) groups is 1. The molecule has 0 saturated heterocycles. The van der Waals surface area contributed by atoms with Crippen molar-refractivity contribution in [2.75, 3.05) is 5.73 Å². The van der Waals surface area contributed by atoms with E-state index in [9.17, 15) is 4.79 Å². The van der Waals surface area contributed by atoms with Gasteiger partial charge in [0.05, 0.1) is 0 Å². The van der Waals surface area contributed by atoms with Gasteiger partial charge in [-0.05, 0) is 0 Å². The number of nitrogens with zero attached hydrogens (tertiary/aromatic N) is 2. The van der Waals surface area contributed by atoms with E-state index in [1.165, 1.54) is 0 Å². The van der Waals surface area contributed by atoms with Gasteiger partial charge in [0, 0.05) is 0 Å². The van der Waals surface area contributed by atoms with Crippen molar-refractivity contribution in [3.63, 3.8) is 0 Å². The number of nitrogens with one attached hydrogen (secondary N) is 1. The standard InChI is InChI=1S/C3H5N5O2/c4-3-8-7-2(10-3)1(9)6-5/h5H2,(H2,4,8)(H,6,9). The maximum Gasteiger partial charge on any atom is 0.322 e. The Hall–Kier alpha value is -1.63. The number of rotatable bonds is 1. The van der Waals surface area contributed by atoms with Crippen LogP contribution in [-0.2, 0) is 0 Å². The van der Waals surface area contributed by atoms with Crippen LogP contribution in [0.25, 0.3) is 0 Å². The summed E-state index contributed by atoms with van der Waals surface area (Å²) >= 11 is 0. The highest BCUT2D eigenvalue weighted by Crippen LogP contribution is 1.98. The number of hydrazine groups is 1. The van der Waals surface area contributed by atoms with Crippen molar-refractivity contribution in [3.8, 4) is 0 Å². The third-order valence-electron chi connectivity index (χ3n) is 0.766. The maximum absolute atomic E-state index is 10.5. The molecule has 0 saturated carbocycles. The summed E-state index contributed by atoms with van der Waals surface area (Å²) in [5.74, 6) is 3.83. The van der Waals surface area contributed by atoms with Crippen LogP contribution in [0.1, 0.15) is 10.7 Å². The molecule has 0 aromatic carbocycles. The molecule has 0 aliphatic carbocycles. The molecule has 1 rings (SSSR count). The highest BCUT2D eigenvalue weighted by atomic mass is 16.4. The topological polar surface area (TPSA) is 120 Å². The van der Waals surface area contributed by atoms with Crippen LogP contribution in [0.5, 0.6) is 0 Å². The predicted molar refractivity (Wildman–Crippen MR) is 30.4 cm³/mol. The lowest BCUT2D eigenvalue weighted by atomic mass is 10.6. The number of nitrogens with two attached hydrogens (primary N) is 2. The lowest BCUT2D eigenvalue weighted by Crippen LogP contribution is -2.30. The van der Waals surface area contributed by atoms with Gasteiger partial charge in [-0.15, -0.1) is 5.10 Å². The molecule has 0 radical (unpaired) electrons. The quantitative estimate of drug-likeness (QED) is 0.243. The smallest absolute Gasteiger partial charge is 0.322 e. The number of carbonyl (C=O) groups excluding carboxylic acids is 1. The van der Waals surface area contributed by atoms with Crippen LogP contribution in [0.4, 0.5) is 6.01 Å². The zero-order valence-electron chi connectivity index (χ0n) is 4.87. The van der Waals surface area contributed by atoms with Crippen molar-refractivity contribution in [2.24, 2.45) is 5.84 Å². The number of hydrogen-bond donors (Lipinski definition) is 3. The van der Waals surface area contributed by atoms with Crippen LogP contribution in [-0.4, -0.2) is 16.1 Å². The Morgan fingerprint density at radius 3 is 2.70 bits per heavy atom. The molecule has 0 unspecified atom stereocenters. The van der Waals surface area contributed by atoms with Gasteiger partial charge in [0.25, 0.3) is 0 Å². The highest BCUT2D eigenvalue weighted by Gasteiger charge is 2.10. The molecule has 1 aromatic heterocycles. The summed E-state index contributed by atoms with van der Waals surface area (Å²) < 4.78 is 4.50. The first-order chi connectivity index (χ1) is 4.74. The van der Waals surface area contributed by atoms with Crippen molar-refractivity contribution in [1.29, 1.82) is 0 Å². The Morgan fingerprint density at radius 2 is 2.30 bits per heavy atom. The van der Waals surface area contributed by atoms with Gasteiger partial charge < -0.3 is 10.2 Å². The van der Waals surface area contributed by atoms with Gasteiger partial charge in [-0.1, -0.05) is 5.10 Å². The van der Waals surface area contributed by atoms with E-state index in [-0.39, 0.29) is 11.9 Å². The molecular weight excluding hydrogens is 138 g/mol. The summed E-state index contributed by atoms with van der Waals surface area (Å²) in [6.07, 6.45) is 0. The first kappa shape index (κ1) is 6.49. The van der Waals surface area contributed by atoms with Gasteiger partial charge in [-0.25, -0.2) is 5.84 Å². The van der Waals surface area contributed by atoms with E-state index in [0.717, 1.165) is 0 Å². The van der Waals surface area contributed by atoms with Crippen LogP contribution in [0, 0.1) is 0 Å². The lowest BCUT2D eigenvalue weighted by molar-refractivity contribution is 0.0920. The molecule has 54 valence electrons. The number of amides is 1. The number of aromatic nitrogens is 2. The van der Waals surface area contributed by atoms with Gasteiger partial charge in [0.1, 0.15) is 0 Å². The summed E-state index contributed by atoms with van der Waals surface area (Å²) in [6, 6.07) is -0.168. The van der Waals surface area contributed by atoms with Crippen molar-refractivity contribution in [2.45, 2.75) is 0 Å². The fourth-order valence-electron chi connectivity index (χ4n) is 0.388. The first-order valence-corrected chi connectivity index (χ1v) is 2.34. The number of nitrogen functional groups attached to an aromatic ring is 2. The van der Waals surface area contributed by atoms with Crippen LogP contribution in [0.15, 0.2) is 4.42 Å². The van der Waals surface area contributed by atoms with Gasteiger partial charge in [-0.3, -0.25) is 10.2 Å². The van der Waals surface area contributed by atoms with E-state index < -0.39 is 5.91 Å². The zero-order chi connectivity index (χ0) is 7.56.